The number of ether oxygens (including phenoxy) is 1. The number of amides is 1. The van der Waals surface area contributed by atoms with E-state index >= 15 is 0 Å². The molecule has 18 heavy (non-hydrogen) atoms. The van der Waals surface area contributed by atoms with Crippen LogP contribution in [0.1, 0.15) is 38.7 Å². The van der Waals surface area contributed by atoms with Gasteiger partial charge in [0.15, 0.2) is 0 Å². The summed E-state index contributed by atoms with van der Waals surface area (Å²) in [6, 6.07) is 8.08. The quantitative estimate of drug-likeness (QED) is 0.717. The normalized spacial score (nSPS) is 10.3. The van der Waals surface area contributed by atoms with Crippen LogP contribution < -0.4 is 5.32 Å². The van der Waals surface area contributed by atoms with Gasteiger partial charge in [-0.1, -0.05) is 25.5 Å². The Morgan fingerprint density at radius 1 is 1.22 bits per heavy atom. The Bertz CT molecular complexity index is 346. The molecule has 0 aliphatic carbocycles. The molecule has 0 spiro atoms. The maximum atomic E-state index is 11.6. The van der Waals surface area contributed by atoms with Crippen molar-refractivity contribution in [1.29, 1.82) is 0 Å². The van der Waals surface area contributed by atoms with Crippen LogP contribution in [-0.4, -0.2) is 19.1 Å². The molecule has 0 aliphatic heterocycles. The zero-order valence-electron chi connectivity index (χ0n) is 11.4. The Kier molecular flexibility index (Phi) is 7.11. The predicted octanol–water partition coefficient (Wildman–Crippen LogP) is 3.39. The minimum absolute atomic E-state index is 0.00441. The van der Waals surface area contributed by atoms with Crippen LogP contribution >= 0.6 is 0 Å². The zero-order chi connectivity index (χ0) is 13.2. The highest BCUT2D eigenvalue weighted by molar-refractivity contribution is 5.90. The van der Waals surface area contributed by atoms with E-state index in [-0.39, 0.29) is 5.91 Å². The highest BCUT2D eigenvalue weighted by Crippen LogP contribution is 2.12. The fourth-order valence-electron chi connectivity index (χ4n) is 1.67. The summed E-state index contributed by atoms with van der Waals surface area (Å²) in [4.78, 5) is 11.6. The SMILES string of the molecule is CCCCc1ccc(NC(=O)CCOCC)cc1. The van der Waals surface area contributed by atoms with Gasteiger partial charge < -0.3 is 10.1 Å². The van der Waals surface area contributed by atoms with Gasteiger partial charge in [0.1, 0.15) is 0 Å². The van der Waals surface area contributed by atoms with E-state index in [1.807, 2.05) is 19.1 Å². The van der Waals surface area contributed by atoms with Crippen molar-refractivity contribution in [3.8, 4) is 0 Å². The molecular weight excluding hydrogens is 226 g/mol. The lowest BCUT2D eigenvalue weighted by Gasteiger charge is -2.06. The van der Waals surface area contributed by atoms with E-state index in [4.69, 9.17) is 4.74 Å². The van der Waals surface area contributed by atoms with E-state index in [1.54, 1.807) is 0 Å². The van der Waals surface area contributed by atoms with Crippen LogP contribution in [0, 0.1) is 0 Å². The van der Waals surface area contributed by atoms with Gasteiger partial charge in [0.25, 0.3) is 0 Å². The van der Waals surface area contributed by atoms with Gasteiger partial charge >= 0.3 is 0 Å². The Hall–Kier alpha value is -1.35. The minimum atomic E-state index is 0.00441. The maximum Gasteiger partial charge on any atom is 0.226 e. The van der Waals surface area contributed by atoms with E-state index in [9.17, 15) is 4.79 Å². The molecular formula is C15H23NO2. The highest BCUT2D eigenvalue weighted by Gasteiger charge is 2.02. The zero-order valence-corrected chi connectivity index (χ0v) is 11.4. The molecule has 3 nitrogen and oxygen atoms in total. The topological polar surface area (TPSA) is 38.3 Å². The van der Waals surface area contributed by atoms with E-state index in [2.05, 4.69) is 24.4 Å². The largest absolute Gasteiger partial charge is 0.381 e. The summed E-state index contributed by atoms with van der Waals surface area (Å²) in [6.45, 7) is 5.25. The second kappa shape index (κ2) is 8.70. The van der Waals surface area contributed by atoms with Gasteiger partial charge in [-0.2, -0.15) is 0 Å². The van der Waals surface area contributed by atoms with E-state index in [0.717, 1.165) is 12.1 Å². The number of carbonyl (C=O) groups excluding carboxylic acids is 1. The van der Waals surface area contributed by atoms with Gasteiger partial charge in [0.05, 0.1) is 13.0 Å². The molecule has 0 aliphatic rings. The van der Waals surface area contributed by atoms with Gasteiger partial charge in [0, 0.05) is 12.3 Å². The van der Waals surface area contributed by atoms with Crippen LogP contribution in [0.15, 0.2) is 24.3 Å². The van der Waals surface area contributed by atoms with Crippen molar-refractivity contribution in [3.05, 3.63) is 29.8 Å². The number of hydrogen-bond acceptors (Lipinski definition) is 2. The summed E-state index contributed by atoms with van der Waals surface area (Å²) in [7, 11) is 0. The highest BCUT2D eigenvalue weighted by atomic mass is 16.5. The third kappa shape index (κ3) is 5.82. The molecule has 0 unspecified atom stereocenters. The molecule has 1 rings (SSSR count). The molecule has 1 N–H and O–H groups in total. The molecule has 1 aromatic rings. The van der Waals surface area contributed by atoms with Gasteiger partial charge in [0.2, 0.25) is 5.91 Å². The Morgan fingerprint density at radius 2 is 1.94 bits per heavy atom. The van der Waals surface area contributed by atoms with Crippen molar-refractivity contribution in [2.24, 2.45) is 0 Å². The lowest BCUT2D eigenvalue weighted by Crippen LogP contribution is -2.14. The van der Waals surface area contributed by atoms with Crippen LogP contribution in [0.5, 0.6) is 0 Å². The van der Waals surface area contributed by atoms with Gasteiger partial charge in [-0.05, 0) is 37.5 Å². The van der Waals surface area contributed by atoms with Crippen molar-refractivity contribution in [1.82, 2.24) is 0 Å². The molecule has 0 heterocycles. The third-order valence-electron chi connectivity index (χ3n) is 2.73. The average Bonchev–Trinajstić information content (AvgIpc) is 2.38. The van der Waals surface area contributed by atoms with Gasteiger partial charge in [-0.25, -0.2) is 0 Å². The van der Waals surface area contributed by atoms with E-state index in [0.29, 0.717) is 19.6 Å². The molecule has 1 aromatic carbocycles. The molecule has 0 fully saturated rings. The Balaban J connectivity index is 2.35. The second-order valence-corrected chi connectivity index (χ2v) is 4.30. The second-order valence-electron chi connectivity index (χ2n) is 4.30. The van der Waals surface area contributed by atoms with Crippen LogP contribution in [0.2, 0.25) is 0 Å². The fourth-order valence-corrected chi connectivity index (χ4v) is 1.67. The maximum absolute atomic E-state index is 11.6. The first-order chi connectivity index (χ1) is 8.76. The molecule has 0 saturated heterocycles. The first kappa shape index (κ1) is 14.7. The van der Waals surface area contributed by atoms with Crippen LogP contribution in [0.3, 0.4) is 0 Å². The van der Waals surface area contributed by atoms with E-state index < -0.39 is 0 Å². The number of unbranched alkanes of at least 4 members (excludes halogenated alkanes) is 1. The minimum Gasteiger partial charge on any atom is -0.381 e. The number of nitrogens with one attached hydrogen (secondary N) is 1. The lowest BCUT2D eigenvalue weighted by molar-refractivity contribution is -0.117. The molecule has 3 heteroatoms. The summed E-state index contributed by atoms with van der Waals surface area (Å²) in [6.07, 6.45) is 3.93. The summed E-state index contributed by atoms with van der Waals surface area (Å²) in [5.41, 5.74) is 2.18. The number of benzene rings is 1. The number of anilines is 1. The lowest BCUT2D eigenvalue weighted by atomic mass is 10.1. The summed E-state index contributed by atoms with van der Waals surface area (Å²) < 4.78 is 5.14. The Labute approximate surface area is 110 Å². The van der Waals surface area contributed by atoms with Crippen LogP contribution in [-0.2, 0) is 16.0 Å². The van der Waals surface area contributed by atoms with Crippen molar-refractivity contribution >= 4 is 11.6 Å². The standard InChI is InChI=1S/C15H23NO2/c1-3-5-6-13-7-9-14(10-8-13)16-15(17)11-12-18-4-2/h7-10H,3-6,11-12H2,1-2H3,(H,16,17). The van der Waals surface area contributed by atoms with Gasteiger partial charge in [-0.15, -0.1) is 0 Å². The molecule has 1 amide bonds. The van der Waals surface area contributed by atoms with Crippen LogP contribution in [0.4, 0.5) is 5.69 Å². The molecule has 0 aromatic heterocycles. The number of rotatable bonds is 8. The van der Waals surface area contributed by atoms with Crippen molar-refractivity contribution in [3.63, 3.8) is 0 Å². The fraction of sp³-hybridized carbons (Fsp3) is 0.533. The van der Waals surface area contributed by atoms with Crippen molar-refractivity contribution in [2.75, 3.05) is 18.5 Å². The van der Waals surface area contributed by atoms with Crippen molar-refractivity contribution in [2.45, 2.75) is 39.5 Å². The molecule has 0 saturated carbocycles. The number of hydrogen-bond donors (Lipinski definition) is 1. The monoisotopic (exact) mass is 249 g/mol. The summed E-state index contributed by atoms with van der Waals surface area (Å²) in [5, 5.41) is 2.87. The first-order valence-electron chi connectivity index (χ1n) is 6.72. The number of carbonyl (C=O) groups is 1. The molecule has 100 valence electrons. The van der Waals surface area contributed by atoms with Gasteiger partial charge in [-0.3, -0.25) is 4.79 Å². The Morgan fingerprint density at radius 3 is 2.56 bits per heavy atom. The molecule has 0 atom stereocenters. The van der Waals surface area contributed by atoms with E-state index in [1.165, 1.54) is 18.4 Å². The average molecular weight is 249 g/mol. The van der Waals surface area contributed by atoms with Crippen molar-refractivity contribution < 1.29 is 9.53 Å². The first-order valence-corrected chi connectivity index (χ1v) is 6.72. The van der Waals surface area contributed by atoms with Crippen LogP contribution in [0.25, 0.3) is 0 Å². The summed E-state index contributed by atoms with van der Waals surface area (Å²) >= 11 is 0. The summed E-state index contributed by atoms with van der Waals surface area (Å²) in [5.74, 6) is 0.00441. The molecule has 0 bridgehead atoms. The molecule has 0 radical (unpaired) electrons. The predicted molar refractivity (Wildman–Crippen MR) is 74.8 cm³/mol. The third-order valence-corrected chi connectivity index (χ3v) is 2.73. The smallest absolute Gasteiger partial charge is 0.226 e. The number of aryl methyl sites for hydroxylation is 1.